The van der Waals surface area contributed by atoms with E-state index in [2.05, 4.69) is 19.2 Å². The van der Waals surface area contributed by atoms with Gasteiger partial charge in [0.05, 0.1) is 0 Å². The van der Waals surface area contributed by atoms with Crippen molar-refractivity contribution in [2.24, 2.45) is 0 Å². The average Bonchev–Trinajstić information content (AvgIpc) is 2.56. The molecule has 0 aromatic heterocycles. The maximum absolute atomic E-state index is 12.9. The highest BCUT2D eigenvalue weighted by molar-refractivity contribution is 5.94. The third-order valence-electron chi connectivity index (χ3n) is 3.86. The lowest BCUT2D eigenvalue weighted by atomic mass is 9.97. The highest BCUT2D eigenvalue weighted by Gasteiger charge is 2.17. The molecule has 0 saturated heterocycles. The van der Waals surface area contributed by atoms with Crippen molar-refractivity contribution in [1.82, 2.24) is 0 Å². The lowest BCUT2D eigenvalue weighted by Gasteiger charge is -2.18. The number of ether oxygens (including phenoxy) is 1. The molecule has 0 aliphatic rings. The predicted molar refractivity (Wildman–Crippen MR) is 90.3 cm³/mol. The molecular formula is C19H22FNO2. The topological polar surface area (TPSA) is 38.3 Å². The van der Waals surface area contributed by atoms with Crippen molar-refractivity contribution >= 4 is 11.6 Å². The van der Waals surface area contributed by atoms with E-state index in [-0.39, 0.29) is 11.7 Å². The minimum absolute atomic E-state index is 0.231. The van der Waals surface area contributed by atoms with Gasteiger partial charge in [-0.15, -0.1) is 0 Å². The second-order valence-corrected chi connectivity index (χ2v) is 5.60. The standard InChI is InChI=1S/C19H22FNO2/c1-4-13(2)17-7-5-6-8-18(17)21-19(22)14(3)23-16-11-9-15(20)10-12-16/h5-14H,4H2,1-3H3,(H,21,22). The van der Waals surface area contributed by atoms with Crippen molar-refractivity contribution in [3.63, 3.8) is 0 Å². The average molecular weight is 315 g/mol. The first kappa shape index (κ1) is 17.0. The van der Waals surface area contributed by atoms with Crippen molar-refractivity contribution in [3.8, 4) is 5.75 Å². The van der Waals surface area contributed by atoms with E-state index in [4.69, 9.17) is 4.74 Å². The van der Waals surface area contributed by atoms with E-state index in [1.54, 1.807) is 6.92 Å². The monoisotopic (exact) mass is 315 g/mol. The normalized spacial score (nSPS) is 13.2. The highest BCUT2D eigenvalue weighted by atomic mass is 19.1. The van der Waals surface area contributed by atoms with Gasteiger partial charge >= 0.3 is 0 Å². The van der Waals surface area contributed by atoms with Crippen LogP contribution in [0.3, 0.4) is 0 Å². The molecule has 2 unspecified atom stereocenters. The van der Waals surface area contributed by atoms with E-state index in [1.165, 1.54) is 24.3 Å². The molecule has 0 fully saturated rings. The fraction of sp³-hybridized carbons (Fsp3) is 0.316. The summed E-state index contributed by atoms with van der Waals surface area (Å²) in [6.07, 6.45) is 0.319. The van der Waals surface area contributed by atoms with Gasteiger partial charge in [0.1, 0.15) is 11.6 Å². The van der Waals surface area contributed by atoms with Crippen molar-refractivity contribution in [2.45, 2.75) is 39.2 Å². The van der Waals surface area contributed by atoms with E-state index in [9.17, 15) is 9.18 Å². The first-order valence-electron chi connectivity index (χ1n) is 7.83. The molecule has 0 aliphatic carbocycles. The zero-order valence-corrected chi connectivity index (χ0v) is 13.7. The molecule has 0 bridgehead atoms. The van der Waals surface area contributed by atoms with Crippen LogP contribution in [0.25, 0.3) is 0 Å². The summed E-state index contributed by atoms with van der Waals surface area (Å²) in [5, 5.41) is 2.92. The molecule has 1 amide bonds. The van der Waals surface area contributed by atoms with E-state index in [1.807, 2.05) is 24.3 Å². The Hall–Kier alpha value is -2.36. The van der Waals surface area contributed by atoms with Crippen LogP contribution in [0.4, 0.5) is 10.1 Å². The maximum atomic E-state index is 12.9. The van der Waals surface area contributed by atoms with E-state index in [0.29, 0.717) is 11.7 Å². The number of carbonyl (C=O) groups excluding carboxylic acids is 1. The molecule has 2 rings (SSSR count). The molecule has 1 N–H and O–H groups in total. The molecule has 2 aromatic carbocycles. The molecule has 2 aromatic rings. The Morgan fingerprint density at radius 1 is 1.13 bits per heavy atom. The Bertz CT molecular complexity index is 655. The number of rotatable bonds is 6. The van der Waals surface area contributed by atoms with E-state index in [0.717, 1.165) is 17.7 Å². The predicted octanol–water partition coefficient (Wildman–Crippen LogP) is 4.75. The van der Waals surface area contributed by atoms with Crippen LogP contribution in [-0.2, 0) is 4.79 Å². The lowest BCUT2D eigenvalue weighted by Crippen LogP contribution is -2.30. The van der Waals surface area contributed by atoms with Gasteiger partial charge in [0.25, 0.3) is 5.91 Å². The minimum Gasteiger partial charge on any atom is -0.481 e. The number of anilines is 1. The zero-order chi connectivity index (χ0) is 16.8. The first-order chi connectivity index (χ1) is 11.0. The second-order valence-electron chi connectivity index (χ2n) is 5.60. The number of hydrogen-bond acceptors (Lipinski definition) is 2. The molecule has 23 heavy (non-hydrogen) atoms. The fourth-order valence-electron chi connectivity index (χ4n) is 2.27. The van der Waals surface area contributed by atoms with Crippen molar-refractivity contribution in [2.75, 3.05) is 5.32 Å². The van der Waals surface area contributed by atoms with Gasteiger partial charge in [-0.05, 0) is 55.2 Å². The second kappa shape index (κ2) is 7.77. The van der Waals surface area contributed by atoms with E-state index >= 15 is 0 Å². The minimum atomic E-state index is -0.676. The van der Waals surface area contributed by atoms with Crippen LogP contribution in [0, 0.1) is 5.82 Å². The van der Waals surface area contributed by atoms with Crippen LogP contribution >= 0.6 is 0 Å². The summed E-state index contributed by atoms with van der Waals surface area (Å²) in [6, 6.07) is 13.4. The van der Waals surface area contributed by atoms with Crippen molar-refractivity contribution in [1.29, 1.82) is 0 Å². The number of hydrogen-bond donors (Lipinski definition) is 1. The third-order valence-corrected chi connectivity index (χ3v) is 3.86. The van der Waals surface area contributed by atoms with Gasteiger partial charge in [-0.3, -0.25) is 4.79 Å². The number of nitrogens with one attached hydrogen (secondary N) is 1. The van der Waals surface area contributed by atoms with Crippen LogP contribution < -0.4 is 10.1 Å². The Balaban J connectivity index is 2.05. The van der Waals surface area contributed by atoms with Crippen molar-refractivity contribution < 1.29 is 13.9 Å². The number of benzene rings is 2. The first-order valence-corrected chi connectivity index (χ1v) is 7.83. The lowest BCUT2D eigenvalue weighted by molar-refractivity contribution is -0.122. The molecule has 3 nitrogen and oxygen atoms in total. The summed E-state index contributed by atoms with van der Waals surface area (Å²) < 4.78 is 18.4. The van der Waals surface area contributed by atoms with Crippen LogP contribution in [-0.4, -0.2) is 12.0 Å². The van der Waals surface area contributed by atoms with Gasteiger partial charge in [0.2, 0.25) is 0 Å². The van der Waals surface area contributed by atoms with Gasteiger partial charge in [-0.1, -0.05) is 32.0 Å². The summed E-state index contributed by atoms with van der Waals surface area (Å²) in [7, 11) is 0. The van der Waals surface area contributed by atoms with Crippen LogP contribution in [0.2, 0.25) is 0 Å². The molecule has 0 radical (unpaired) electrons. The van der Waals surface area contributed by atoms with Crippen molar-refractivity contribution in [3.05, 3.63) is 59.9 Å². The Morgan fingerprint density at radius 2 is 1.78 bits per heavy atom. The SMILES string of the molecule is CCC(C)c1ccccc1NC(=O)C(C)Oc1ccc(F)cc1. The molecule has 4 heteroatoms. The van der Waals surface area contributed by atoms with E-state index < -0.39 is 6.10 Å². The smallest absolute Gasteiger partial charge is 0.265 e. The Morgan fingerprint density at radius 3 is 2.43 bits per heavy atom. The number of para-hydroxylation sites is 1. The summed E-state index contributed by atoms with van der Waals surface area (Å²) in [4.78, 5) is 12.3. The van der Waals surface area contributed by atoms with Crippen LogP contribution in [0.1, 0.15) is 38.7 Å². The molecule has 2 atom stereocenters. The summed E-state index contributed by atoms with van der Waals surface area (Å²) in [5.41, 5.74) is 1.92. The Labute approximate surface area is 136 Å². The molecular weight excluding hydrogens is 293 g/mol. The maximum Gasteiger partial charge on any atom is 0.265 e. The van der Waals surface area contributed by atoms with Crippen LogP contribution in [0.5, 0.6) is 5.75 Å². The molecule has 0 spiro atoms. The number of amides is 1. The largest absolute Gasteiger partial charge is 0.481 e. The number of halogens is 1. The van der Waals surface area contributed by atoms with Gasteiger partial charge in [-0.25, -0.2) is 4.39 Å². The molecule has 0 heterocycles. The highest BCUT2D eigenvalue weighted by Crippen LogP contribution is 2.26. The van der Waals surface area contributed by atoms with Gasteiger partial charge in [-0.2, -0.15) is 0 Å². The zero-order valence-electron chi connectivity index (χ0n) is 13.7. The third kappa shape index (κ3) is 4.55. The fourth-order valence-corrected chi connectivity index (χ4v) is 2.27. The summed E-state index contributed by atoms with van der Waals surface area (Å²) in [6.45, 7) is 5.91. The van der Waals surface area contributed by atoms with Crippen LogP contribution in [0.15, 0.2) is 48.5 Å². The quantitative estimate of drug-likeness (QED) is 0.835. The van der Waals surface area contributed by atoms with Gasteiger partial charge < -0.3 is 10.1 Å². The summed E-state index contributed by atoms with van der Waals surface area (Å²) >= 11 is 0. The van der Waals surface area contributed by atoms with Gasteiger partial charge in [0, 0.05) is 5.69 Å². The summed E-state index contributed by atoms with van der Waals surface area (Å²) in [5.74, 6) is 0.256. The Kier molecular flexibility index (Phi) is 5.74. The van der Waals surface area contributed by atoms with Gasteiger partial charge in [0.15, 0.2) is 6.10 Å². The molecule has 122 valence electrons. The molecule has 0 aliphatic heterocycles. The number of carbonyl (C=O) groups is 1. The molecule has 0 saturated carbocycles.